The lowest BCUT2D eigenvalue weighted by Gasteiger charge is -2.23. The van der Waals surface area contributed by atoms with Crippen LogP contribution in [0.5, 0.6) is 0 Å². The van der Waals surface area contributed by atoms with Gasteiger partial charge in [0.25, 0.3) is 0 Å². The number of nitrogens with one attached hydrogen (secondary N) is 2. The third kappa shape index (κ3) is 5.51. The van der Waals surface area contributed by atoms with Crippen LogP contribution in [0.3, 0.4) is 0 Å². The SMILES string of the molecule is CN(C)CC(=O)N(CC=O)c1cc(C2CC2)cn2cc(CNc3cc(NC(=O)C4CC4)ncn3)nc12. The molecule has 11 heteroatoms. The number of imidazole rings is 1. The van der Waals surface area contributed by atoms with Crippen molar-refractivity contribution >= 4 is 41.1 Å². The number of hydrogen-bond acceptors (Lipinski definition) is 8. The second-order valence-corrected chi connectivity index (χ2v) is 9.71. The van der Waals surface area contributed by atoms with Crippen LogP contribution < -0.4 is 15.5 Å². The van der Waals surface area contributed by atoms with Gasteiger partial charge in [0.1, 0.15) is 24.2 Å². The summed E-state index contributed by atoms with van der Waals surface area (Å²) in [7, 11) is 3.64. The van der Waals surface area contributed by atoms with Crippen LogP contribution in [0, 0.1) is 5.92 Å². The van der Waals surface area contributed by atoms with E-state index in [2.05, 4.69) is 26.8 Å². The number of nitrogens with zero attached hydrogens (tertiary/aromatic N) is 6. The van der Waals surface area contributed by atoms with Crippen molar-refractivity contribution < 1.29 is 14.4 Å². The van der Waals surface area contributed by atoms with E-state index in [9.17, 15) is 14.4 Å². The first-order valence-electron chi connectivity index (χ1n) is 12.2. The summed E-state index contributed by atoms with van der Waals surface area (Å²) in [6.07, 6.45) is 10.2. The van der Waals surface area contributed by atoms with E-state index in [1.54, 1.807) is 11.0 Å². The number of aromatic nitrogens is 4. The Bertz CT molecular complexity index is 1300. The average Bonchev–Trinajstić information content (AvgIpc) is 3.76. The van der Waals surface area contributed by atoms with Crippen molar-refractivity contribution in [3.05, 3.63) is 42.1 Å². The quantitative estimate of drug-likeness (QED) is 0.391. The van der Waals surface area contributed by atoms with E-state index in [0.29, 0.717) is 35.4 Å². The van der Waals surface area contributed by atoms with Gasteiger partial charge in [0.2, 0.25) is 11.8 Å². The van der Waals surface area contributed by atoms with E-state index in [1.165, 1.54) is 11.2 Å². The Balaban J connectivity index is 1.39. The Labute approximate surface area is 208 Å². The molecule has 3 aromatic rings. The van der Waals surface area contributed by atoms with Crippen LogP contribution in [0.1, 0.15) is 42.9 Å². The van der Waals surface area contributed by atoms with Gasteiger partial charge in [0.05, 0.1) is 31.0 Å². The highest BCUT2D eigenvalue weighted by atomic mass is 16.2. The third-order valence-electron chi connectivity index (χ3n) is 6.27. The number of likely N-dealkylation sites (N-methyl/N-ethyl adjacent to an activating group) is 1. The normalized spacial score (nSPS) is 15.2. The van der Waals surface area contributed by atoms with Crippen LogP contribution in [0.2, 0.25) is 0 Å². The van der Waals surface area contributed by atoms with Crippen LogP contribution in [0.25, 0.3) is 5.65 Å². The molecule has 2 N–H and O–H groups in total. The predicted octanol–water partition coefficient (Wildman–Crippen LogP) is 2.06. The second-order valence-electron chi connectivity index (χ2n) is 9.71. The number of carbonyl (C=O) groups is 3. The Hall–Kier alpha value is -3.86. The Morgan fingerprint density at radius 2 is 1.89 bits per heavy atom. The van der Waals surface area contributed by atoms with Crippen LogP contribution in [0.4, 0.5) is 17.3 Å². The van der Waals surface area contributed by atoms with Gasteiger partial charge in [-0.15, -0.1) is 0 Å². The maximum atomic E-state index is 13.0. The summed E-state index contributed by atoms with van der Waals surface area (Å²) in [6.45, 7) is 0.537. The van der Waals surface area contributed by atoms with Gasteiger partial charge in [-0.3, -0.25) is 9.59 Å². The Morgan fingerprint density at radius 1 is 1.11 bits per heavy atom. The van der Waals surface area contributed by atoms with Crippen molar-refractivity contribution in [3.8, 4) is 0 Å². The minimum Gasteiger partial charge on any atom is -0.364 e. The summed E-state index contributed by atoms with van der Waals surface area (Å²) in [5.41, 5.74) is 3.13. The molecule has 0 aliphatic heterocycles. The van der Waals surface area contributed by atoms with Gasteiger partial charge >= 0.3 is 0 Å². The molecule has 0 aromatic carbocycles. The highest BCUT2D eigenvalue weighted by Crippen LogP contribution is 2.42. The van der Waals surface area contributed by atoms with Crippen molar-refractivity contribution in [3.63, 3.8) is 0 Å². The van der Waals surface area contributed by atoms with Gasteiger partial charge < -0.3 is 29.6 Å². The average molecular weight is 491 g/mol. The van der Waals surface area contributed by atoms with Crippen molar-refractivity contribution in [1.82, 2.24) is 24.3 Å². The summed E-state index contributed by atoms with van der Waals surface area (Å²) >= 11 is 0. The number of amides is 2. The second kappa shape index (κ2) is 10.0. The summed E-state index contributed by atoms with van der Waals surface area (Å²) < 4.78 is 1.93. The summed E-state index contributed by atoms with van der Waals surface area (Å²) in [4.78, 5) is 52.9. The molecular weight excluding hydrogens is 460 g/mol. The minimum absolute atomic E-state index is 0.0114. The summed E-state index contributed by atoms with van der Waals surface area (Å²) in [5, 5.41) is 6.05. The number of carbonyl (C=O) groups excluding carboxylic acids is 3. The van der Waals surface area contributed by atoms with Crippen molar-refractivity contribution in [2.24, 2.45) is 5.92 Å². The molecule has 0 unspecified atom stereocenters. The zero-order valence-corrected chi connectivity index (χ0v) is 20.5. The number of anilines is 3. The van der Waals surface area contributed by atoms with E-state index in [4.69, 9.17) is 4.98 Å². The van der Waals surface area contributed by atoms with Gasteiger partial charge in [-0.25, -0.2) is 15.0 Å². The largest absolute Gasteiger partial charge is 0.364 e. The molecule has 2 amide bonds. The van der Waals surface area contributed by atoms with Crippen LogP contribution >= 0.6 is 0 Å². The number of aldehydes is 1. The first-order valence-corrected chi connectivity index (χ1v) is 12.2. The summed E-state index contributed by atoms with van der Waals surface area (Å²) in [5.74, 6) is 1.40. The molecule has 0 spiro atoms. The molecule has 2 fully saturated rings. The highest BCUT2D eigenvalue weighted by Gasteiger charge is 2.30. The molecule has 0 saturated heterocycles. The fraction of sp³-hybridized carbons (Fsp3) is 0.440. The van der Waals surface area contributed by atoms with E-state index in [1.807, 2.05) is 30.8 Å². The molecule has 0 atom stereocenters. The smallest absolute Gasteiger partial charge is 0.241 e. The molecule has 36 heavy (non-hydrogen) atoms. The maximum Gasteiger partial charge on any atom is 0.241 e. The van der Waals surface area contributed by atoms with Gasteiger partial charge in [-0.1, -0.05) is 0 Å². The number of rotatable bonds is 11. The summed E-state index contributed by atoms with van der Waals surface area (Å²) in [6, 6.07) is 3.69. The molecule has 0 radical (unpaired) electrons. The standard InChI is InChI=1S/C25H30N8O3/c1-31(2)14-23(35)33(7-8-34)20-9-18(16-3-4-16)12-32-13-19(29-24(20)32)11-26-21-10-22(28-15-27-21)30-25(36)17-5-6-17/h8-10,12-13,15-17H,3-7,11,14H2,1-2H3,(H2,26,27,28,30,36). The lowest BCUT2D eigenvalue weighted by molar-refractivity contribution is -0.120. The van der Waals surface area contributed by atoms with Crippen molar-refractivity contribution in [2.75, 3.05) is 42.7 Å². The van der Waals surface area contributed by atoms with E-state index in [0.717, 1.165) is 43.2 Å². The van der Waals surface area contributed by atoms with Crippen molar-refractivity contribution in [2.45, 2.75) is 38.1 Å². The fourth-order valence-electron chi connectivity index (χ4n) is 4.12. The first-order chi connectivity index (χ1) is 17.4. The number of hydrogen-bond donors (Lipinski definition) is 2. The molecule has 0 bridgehead atoms. The molecular formula is C25H30N8O3. The van der Waals surface area contributed by atoms with Crippen LogP contribution in [-0.4, -0.2) is 69.5 Å². The maximum absolute atomic E-state index is 13.0. The van der Waals surface area contributed by atoms with Gasteiger partial charge in [0, 0.05) is 24.4 Å². The third-order valence-corrected chi connectivity index (χ3v) is 6.27. The molecule has 3 aromatic heterocycles. The lowest BCUT2D eigenvalue weighted by atomic mass is 10.1. The zero-order valence-electron chi connectivity index (χ0n) is 20.5. The molecule has 2 aliphatic carbocycles. The minimum atomic E-state index is -0.161. The molecule has 5 rings (SSSR count). The molecule has 2 aliphatic rings. The first kappa shape index (κ1) is 23.9. The predicted molar refractivity (Wildman–Crippen MR) is 135 cm³/mol. The highest BCUT2D eigenvalue weighted by molar-refractivity contribution is 6.00. The van der Waals surface area contributed by atoms with Gasteiger partial charge in [-0.05, 0) is 57.3 Å². The van der Waals surface area contributed by atoms with Crippen LogP contribution in [0.15, 0.2) is 30.9 Å². The Kier molecular flexibility index (Phi) is 6.64. The zero-order chi connectivity index (χ0) is 25.2. The molecule has 188 valence electrons. The molecule has 2 saturated carbocycles. The van der Waals surface area contributed by atoms with Crippen molar-refractivity contribution in [1.29, 1.82) is 0 Å². The Morgan fingerprint density at radius 3 is 2.58 bits per heavy atom. The topological polar surface area (TPSA) is 125 Å². The van der Waals surface area contributed by atoms with E-state index >= 15 is 0 Å². The lowest BCUT2D eigenvalue weighted by Crippen LogP contribution is -2.39. The van der Waals surface area contributed by atoms with E-state index < -0.39 is 0 Å². The van der Waals surface area contributed by atoms with E-state index in [-0.39, 0.29) is 30.8 Å². The van der Waals surface area contributed by atoms with Crippen LogP contribution in [-0.2, 0) is 20.9 Å². The number of pyridine rings is 1. The molecule has 11 nitrogen and oxygen atoms in total. The van der Waals surface area contributed by atoms with Gasteiger partial charge in [-0.2, -0.15) is 0 Å². The van der Waals surface area contributed by atoms with Gasteiger partial charge in [0.15, 0.2) is 5.65 Å². The number of fused-ring (bicyclic) bond motifs is 1. The monoisotopic (exact) mass is 490 g/mol. The fourth-order valence-corrected chi connectivity index (χ4v) is 4.12. The molecule has 3 heterocycles.